The van der Waals surface area contributed by atoms with Crippen molar-refractivity contribution in [1.29, 1.82) is 0 Å². The number of hydrogen-bond acceptors (Lipinski definition) is 3. The van der Waals surface area contributed by atoms with Crippen molar-refractivity contribution in [2.24, 2.45) is 4.99 Å². The first kappa shape index (κ1) is 31.4. The molecule has 1 aliphatic heterocycles. The maximum Gasteiger partial charge on any atom is 0.416 e. The summed E-state index contributed by atoms with van der Waals surface area (Å²) in [7, 11) is 3.28. The van der Waals surface area contributed by atoms with Gasteiger partial charge in [0.25, 0.3) is 0 Å². The van der Waals surface area contributed by atoms with E-state index in [1.165, 1.54) is 12.1 Å². The zero-order chi connectivity index (χ0) is 32.0. The van der Waals surface area contributed by atoms with Crippen LogP contribution in [0.4, 0.5) is 13.2 Å². The SMILES string of the molecule is COc1ccc(/C=C/CC2=N/C(=C(/c3ccc(C(F)(F)F)cc3)c3[nH]c(C/C=C/c4ccc(OC)cc4)cc3C)C(C)=C2)cc1. The number of H-pyrrole nitrogens is 1. The first-order valence-corrected chi connectivity index (χ1v) is 14.6. The van der Waals surface area contributed by atoms with E-state index in [-0.39, 0.29) is 0 Å². The third-order valence-electron chi connectivity index (χ3n) is 7.59. The van der Waals surface area contributed by atoms with Gasteiger partial charge in [-0.3, -0.25) is 4.99 Å². The van der Waals surface area contributed by atoms with Gasteiger partial charge in [0.15, 0.2) is 0 Å². The largest absolute Gasteiger partial charge is 0.497 e. The number of benzene rings is 3. The van der Waals surface area contributed by atoms with Gasteiger partial charge in [-0.15, -0.1) is 0 Å². The Hall–Kier alpha value is -5.04. The molecule has 0 atom stereocenters. The molecule has 2 heterocycles. The summed E-state index contributed by atoms with van der Waals surface area (Å²) in [6.07, 6.45) is 7.10. The molecule has 0 saturated carbocycles. The summed E-state index contributed by atoms with van der Waals surface area (Å²) in [4.78, 5) is 8.53. The molecule has 4 nitrogen and oxygen atoms in total. The second-order valence-electron chi connectivity index (χ2n) is 10.8. The highest BCUT2D eigenvalue weighted by Gasteiger charge is 2.30. The predicted molar refractivity (Wildman–Crippen MR) is 177 cm³/mol. The van der Waals surface area contributed by atoms with Crippen molar-refractivity contribution < 1.29 is 22.6 Å². The van der Waals surface area contributed by atoms with E-state index in [0.29, 0.717) is 18.4 Å². The molecular weight excluding hydrogens is 573 g/mol. The topological polar surface area (TPSA) is 46.6 Å². The predicted octanol–water partition coefficient (Wildman–Crippen LogP) is 9.88. The van der Waals surface area contributed by atoms with Gasteiger partial charge in [-0.25, -0.2) is 0 Å². The number of rotatable bonds is 10. The molecule has 0 radical (unpaired) electrons. The molecule has 0 saturated heterocycles. The van der Waals surface area contributed by atoms with Gasteiger partial charge in [0.1, 0.15) is 11.5 Å². The Morgan fingerprint density at radius 3 is 1.87 bits per heavy atom. The number of nitrogens with zero attached hydrogens (tertiary/aromatic N) is 1. The van der Waals surface area contributed by atoms with E-state index in [9.17, 15) is 13.2 Å². The van der Waals surface area contributed by atoms with Crippen LogP contribution in [0.3, 0.4) is 0 Å². The van der Waals surface area contributed by atoms with Crippen LogP contribution in [-0.2, 0) is 12.6 Å². The number of halogens is 3. The molecule has 0 unspecified atom stereocenters. The summed E-state index contributed by atoms with van der Waals surface area (Å²) in [6, 6.07) is 23.0. The van der Waals surface area contributed by atoms with E-state index < -0.39 is 11.7 Å². The zero-order valence-electron chi connectivity index (χ0n) is 25.7. The second kappa shape index (κ2) is 13.7. The van der Waals surface area contributed by atoms with E-state index >= 15 is 0 Å². The monoisotopic (exact) mass is 608 g/mol. The average molecular weight is 609 g/mol. The first-order chi connectivity index (χ1) is 21.6. The van der Waals surface area contributed by atoms with Gasteiger partial charge in [-0.1, -0.05) is 60.7 Å². The molecule has 3 aromatic carbocycles. The molecule has 0 bridgehead atoms. The van der Waals surface area contributed by atoms with Gasteiger partial charge < -0.3 is 14.5 Å². The number of allylic oxidation sites excluding steroid dienone is 4. The van der Waals surface area contributed by atoms with Gasteiger partial charge in [-0.2, -0.15) is 13.2 Å². The maximum atomic E-state index is 13.4. The summed E-state index contributed by atoms with van der Waals surface area (Å²) in [5.41, 5.74) is 8.24. The fourth-order valence-corrected chi connectivity index (χ4v) is 5.23. The van der Waals surface area contributed by atoms with Crippen LogP contribution >= 0.6 is 0 Å². The third kappa shape index (κ3) is 7.73. The number of nitrogens with one attached hydrogen (secondary N) is 1. The number of aromatic nitrogens is 1. The Morgan fingerprint density at radius 1 is 0.778 bits per heavy atom. The average Bonchev–Trinajstić information content (AvgIpc) is 3.59. The summed E-state index contributed by atoms with van der Waals surface area (Å²) in [5.74, 6) is 1.60. The molecule has 0 fully saturated rings. The van der Waals surface area contributed by atoms with Gasteiger partial charge >= 0.3 is 6.18 Å². The molecule has 0 amide bonds. The van der Waals surface area contributed by atoms with Crippen LogP contribution in [0.5, 0.6) is 11.5 Å². The lowest BCUT2D eigenvalue weighted by atomic mass is 9.95. The van der Waals surface area contributed by atoms with E-state index in [0.717, 1.165) is 74.3 Å². The minimum absolute atomic E-state index is 0.609. The zero-order valence-corrected chi connectivity index (χ0v) is 25.7. The van der Waals surface area contributed by atoms with Crippen LogP contribution in [0.15, 0.2) is 113 Å². The summed E-state index contributed by atoms with van der Waals surface area (Å²) in [5, 5.41) is 0. The minimum Gasteiger partial charge on any atom is -0.497 e. The summed E-state index contributed by atoms with van der Waals surface area (Å²) < 4.78 is 50.7. The second-order valence-corrected chi connectivity index (χ2v) is 10.8. The van der Waals surface area contributed by atoms with Crippen LogP contribution in [0.2, 0.25) is 0 Å². The smallest absolute Gasteiger partial charge is 0.416 e. The molecule has 5 rings (SSSR count). The molecule has 1 aliphatic rings. The molecule has 0 aliphatic carbocycles. The number of hydrogen-bond donors (Lipinski definition) is 1. The van der Waals surface area contributed by atoms with Crippen LogP contribution < -0.4 is 9.47 Å². The Bertz CT molecular complexity index is 1790. The number of ether oxygens (including phenoxy) is 2. The quantitative estimate of drug-likeness (QED) is 0.195. The van der Waals surface area contributed by atoms with Crippen LogP contribution in [0.1, 0.15) is 52.5 Å². The van der Waals surface area contributed by atoms with Crippen molar-refractivity contribution >= 4 is 23.4 Å². The van der Waals surface area contributed by atoms with Gasteiger partial charge in [-0.05, 0) is 90.2 Å². The molecule has 1 N–H and O–H groups in total. The molecule has 1 aromatic heterocycles. The highest BCUT2D eigenvalue weighted by Crippen LogP contribution is 2.37. The van der Waals surface area contributed by atoms with Crippen LogP contribution in [-0.4, -0.2) is 24.9 Å². The Morgan fingerprint density at radius 2 is 1.33 bits per heavy atom. The number of methoxy groups -OCH3 is 2. The Balaban J connectivity index is 1.46. The fourth-order valence-electron chi connectivity index (χ4n) is 5.23. The van der Waals surface area contributed by atoms with E-state index in [1.807, 2.05) is 80.6 Å². The number of aromatic amines is 1. The molecule has 7 heteroatoms. The lowest BCUT2D eigenvalue weighted by molar-refractivity contribution is -0.137. The highest BCUT2D eigenvalue weighted by atomic mass is 19.4. The van der Waals surface area contributed by atoms with Crippen molar-refractivity contribution in [3.05, 3.63) is 148 Å². The molecule has 45 heavy (non-hydrogen) atoms. The minimum atomic E-state index is -4.41. The van der Waals surface area contributed by atoms with Gasteiger partial charge in [0.2, 0.25) is 0 Å². The van der Waals surface area contributed by atoms with Crippen LogP contribution in [0, 0.1) is 6.92 Å². The summed E-state index contributed by atoms with van der Waals surface area (Å²) in [6.45, 7) is 3.99. The highest BCUT2D eigenvalue weighted by molar-refractivity contribution is 6.03. The van der Waals surface area contributed by atoms with Crippen molar-refractivity contribution in [2.45, 2.75) is 32.9 Å². The Kier molecular flexibility index (Phi) is 9.57. The van der Waals surface area contributed by atoms with E-state index in [2.05, 4.69) is 23.2 Å². The molecule has 4 aromatic rings. The van der Waals surface area contributed by atoms with E-state index in [4.69, 9.17) is 14.5 Å². The lowest BCUT2D eigenvalue weighted by Gasteiger charge is -2.14. The number of alkyl halides is 3. The standard InChI is InChI=1S/C38H35F3N2O2/c1-25-23-31(9-5-7-27-11-19-33(44-3)20-12-27)42-36(25)35(29-15-17-30(18-16-29)38(39,40)41)37-26(2)24-32(43-37)10-6-8-28-13-21-34(45-4)22-14-28/h5-8,11-24,42H,9-10H2,1-4H3/b7-5+,8-6+,37-35-. The maximum absolute atomic E-state index is 13.4. The number of aliphatic imine (C=N–C) groups is 1. The van der Waals surface area contributed by atoms with E-state index in [1.54, 1.807) is 14.2 Å². The Labute approximate surface area is 262 Å². The normalized spacial score (nSPS) is 14.6. The van der Waals surface area contributed by atoms with Crippen molar-refractivity contribution in [2.75, 3.05) is 14.2 Å². The van der Waals surface area contributed by atoms with Gasteiger partial charge in [0, 0.05) is 29.8 Å². The third-order valence-corrected chi connectivity index (χ3v) is 7.59. The molecule has 0 spiro atoms. The molecular formula is C38H35F3N2O2. The fraction of sp³-hybridized carbons (Fsp3) is 0.184. The first-order valence-electron chi connectivity index (χ1n) is 14.6. The van der Waals surface area contributed by atoms with Crippen molar-refractivity contribution in [1.82, 2.24) is 4.98 Å². The van der Waals surface area contributed by atoms with Crippen LogP contribution in [0.25, 0.3) is 17.7 Å². The number of aryl methyl sites for hydroxylation is 1. The lowest BCUT2D eigenvalue weighted by Crippen LogP contribution is -2.05. The summed E-state index contributed by atoms with van der Waals surface area (Å²) >= 11 is 0. The van der Waals surface area contributed by atoms with Crippen molar-refractivity contribution in [3.63, 3.8) is 0 Å². The van der Waals surface area contributed by atoms with Gasteiger partial charge in [0.05, 0.1) is 31.2 Å². The van der Waals surface area contributed by atoms with Crippen molar-refractivity contribution in [3.8, 4) is 11.5 Å². The molecule has 230 valence electrons.